The van der Waals surface area contributed by atoms with Gasteiger partial charge < -0.3 is 10.1 Å². The highest BCUT2D eigenvalue weighted by atomic mass is 32.2. The van der Waals surface area contributed by atoms with E-state index in [1.54, 1.807) is 30.3 Å². The lowest BCUT2D eigenvalue weighted by molar-refractivity contribution is 0.0337. The number of nitrogens with one attached hydrogen (secondary N) is 1. The molecule has 2 aromatic carbocycles. The van der Waals surface area contributed by atoms with Crippen molar-refractivity contribution in [2.24, 2.45) is 0 Å². The summed E-state index contributed by atoms with van der Waals surface area (Å²) in [6.45, 7) is 1.98. The number of rotatable bonds is 4. The largest absolute Gasteiger partial charge is 0.455 e. The molecule has 1 aliphatic rings. The highest BCUT2D eigenvalue weighted by Crippen LogP contribution is 2.22. The highest BCUT2D eigenvalue weighted by Gasteiger charge is 2.40. The minimum Gasteiger partial charge on any atom is -0.455 e. The molecule has 0 aliphatic carbocycles. The molecule has 24 heavy (non-hydrogen) atoms. The molecule has 3 rings (SSSR count). The van der Waals surface area contributed by atoms with Gasteiger partial charge in [0.15, 0.2) is 9.84 Å². The summed E-state index contributed by atoms with van der Waals surface area (Å²) >= 11 is 0. The van der Waals surface area contributed by atoms with Gasteiger partial charge >= 0.3 is 5.97 Å². The number of carbonyl (C=O) groups is 1. The van der Waals surface area contributed by atoms with Crippen molar-refractivity contribution in [2.75, 3.05) is 16.8 Å². The van der Waals surface area contributed by atoms with Crippen LogP contribution in [0.15, 0.2) is 54.6 Å². The first-order chi connectivity index (χ1) is 11.4. The second-order valence-corrected chi connectivity index (χ2v) is 8.16. The maximum absolute atomic E-state index is 12.2. The molecule has 0 spiro atoms. The van der Waals surface area contributed by atoms with Crippen LogP contribution < -0.4 is 5.32 Å². The Morgan fingerprint density at radius 1 is 1.04 bits per heavy atom. The second kappa shape index (κ2) is 6.65. The topological polar surface area (TPSA) is 72.5 Å². The van der Waals surface area contributed by atoms with E-state index in [0.29, 0.717) is 5.56 Å². The normalized spacial score (nSPS) is 22.0. The molecule has 6 heteroatoms. The van der Waals surface area contributed by atoms with Crippen LogP contribution in [0.1, 0.15) is 15.9 Å². The van der Waals surface area contributed by atoms with E-state index in [9.17, 15) is 13.2 Å². The predicted octanol–water partition coefficient (Wildman–Crippen LogP) is 2.43. The summed E-state index contributed by atoms with van der Waals surface area (Å²) in [7, 11) is -3.24. The first-order valence-corrected chi connectivity index (χ1v) is 9.55. The molecular formula is C18H19NO4S. The molecule has 1 N–H and O–H groups in total. The highest BCUT2D eigenvalue weighted by molar-refractivity contribution is 7.91. The fraction of sp³-hybridized carbons (Fsp3) is 0.278. The summed E-state index contributed by atoms with van der Waals surface area (Å²) in [5.41, 5.74) is 2.34. The molecular weight excluding hydrogens is 326 g/mol. The Balaban J connectivity index is 1.74. The molecule has 1 fully saturated rings. The average molecular weight is 345 g/mol. The fourth-order valence-corrected chi connectivity index (χ4v) is 4.49. The SMILES string of the molecule is Cc1ccc(N[C@@H]2CS(=O)(=O)C[C@@H]2OC(=O)c2ccccc2)cc1. The average Bonchev–Trinajstić information content (AvgIpc) is 2.84. The number of sulfone groups is 1. The van der Waals surface area contributed by atoms with Crippen LogP contribution in [0.2, 0.25) is 0 Å². The van der Waals surface area contributed by atoms with Gasteiger partial charge in [-0.05, 0) is 31.2 Å². The standard InChI is InChI=1S/C18H19NO4S/c1-13-7-9-15(10-8-13)19-16-11-24(21,22)12-17(16)23-18(20)14-5-3-2-4-6-14/h2-10,16-17,19H,11-12H2,1H3/t16-,17+/m1/s1. The number of hydrogen-bond donors (Lipinski definition) is 1. The van der Waals surface area contributed by atoms with Gasteiger partial charge in [0.1, 0.15) is 6.10 Å². The van der Waals surface area contributed by atoms with Crippen molar-refractivity contribution in [3.8, 4) is 0 Å². The number of benzene rings is 2. The van der Waals surface area contributed by atoms with Crippen molar-refractivity contribution in [3.05, 3.63) is 65.7 Å². The van der Waals surface area contributed by atoms with E-state index in [1.807, 2.05) is 31.2 Å². The van der Waals surface area contributed by atoms with Crippen molar-refractivity contribution in [3.63, 3.8) is 0 Å². The van der Waals surface area contributed by atoms with Gasteiger partial charge in [0.25, 0.3) is 0 Å². The molecule has 0 unspecified atom stereocenters. The van der Waals surface area contributed by atoms with E-state index in [-0.39, 0.29) is 11.5 Å². The van der Waals surface area contributed by atoms with Gasteiger partial charge in [-0.15, -0.1) is 0 Å². The molecule has 0 bridgehead atoms. The monoisotopic (exact) mass is 345 g/mol. The van der Waals surface area contributed by atoms with Gasteiger partial charge in [0.2, 0.25) is 0 Å². The molecule has 0 saturated carbocycles. The smallest absolute Gasteiger partial charge is 0.338 e. The number of hydrogen-bond acceptors (Lipinski definition) is 5. The van der Waals surface area contributed by atoms with Gasteiger partial charge in [-0.2, -0.15) is 0 Å². The zero-order chi connectivity index (χ0) is 17.2. The number of carbonyl (C=O) groups excluding carboxylic acids is 1. The molecule has 0 radical (unpaired) electrons. The third-order valence-corrected chi connectivity index (χ3v) is 5.68. The molecule has 1 saturated heterocycles. The number of anilines is 1. The first kappa shape index (κ1) is 16.5. The Morgan fingerprint density at radius 3 is 2.38 bits per heavy atom. The van der Waals surface area contributed by atoms with Crippen LogP contribution in [0.5, 0.6) is 0 Å². The van der Waals surface area contributed by atoms with E-state index in [4.69, 9.17) is 4.74 Å². The summed E-state index contributed by atoms with van der Waals surface area (Å²) in [5.74, 6) is -0.712. The Labute approximate surface area is 141 Å². The predicted molar refractivity (Wildman–Crippen MR) is 92.9 cm³/mol. The molecule has 1 heterocycles. The quantitative estimate of drug-likeness (QED) is 0.862. The zero-order valence-corrected chi connectivity index (χ0v) is 14.1. The molecule has 2 atom stereocenters. The van der Waals surface area contributed by atoms with Crippen LogP contribution in [0, 0.1) is 6.92 Å². The van der Waals surface area contributed by atoms with Crippen molar-refractivity contribution in [2.45, 2.75) is 19.1 Å². The number of ether oxygens (including phenoxy) is 1. The van der Waals surface area contributed by atoms with Crippen LogP contribution in [0.3, 0.4) is 0 Å². The van der Waals surface area contributed by atoms with E-state index in [0.717, 1.165) is 11.3 Å². The van der Waals surface area contributed by atoms with Crippen molar-refractivity contribution in [1.29, 1.82) is 0 Å². The summed E-state index contributed by atoms with van der Waals surface area (Å²) in [6.07, 6.45) is -0.705. The summed E-state index contributed by atoms with van der Waals surface area (Å²) in [4.78, 5) is 12.2. The lowest BCUT2D eigenvalue weighted by atomic mass is 10.1. The molecule has 1 aliphatic heterocycles. The van der Waals surface area contributed by atoms with Gasteiger partial charge in [-0.1, -0.05) is 35.9 Å². The Kier molecular flexibility index (Phi) is 4.57. The van der Waals surface area contributed by atoms with E-state index < -0.39 is 28.0 Å². The van der Waals surface area contributed by atoms with E-state index in [2.05, 4.69) is 5.32 Å². The van der Waals surface area contributed by atoms with Gasteiger partial charge in [0.05, 0.1) is 23.1 Å². The third-order valence-electron chi connectivity index (χ3n) is 3.97. The van der Waals surface area contributed by atoms with Crippen LogP contribution >= 0.6 is 0 Å². The minimum atomic E-state index is -3.24. The Morgan fingerprint density at radius 2 is 1.71 bits per heavy atom. The maximum Gasteiger partial charge on any atom is 0.338 e. The first-order valence-electron chi connectivity index (χ1n) is 7.73. The van der Waals surface area contributed by atoms with Crippen LogP contribution in [-0.4, -0.2) is 38.0 Å². The summed E-state index contributed by atoms with van der Waals surface area (Å²) in [5, 5.41) is 3.17. The molecule has 0 aromatic heterocycles. The zero-order valence-electron chi connectivity index (χ0n) is 13.3. The Bertz CT molecular complexity index is 816. The lowest BCUT2D eigenvalue weighted by Gasteiger charge is -2.21. The van der Waals surface area contributed by atoms with Gasteiger partial charge in [0, 0.05) is 5.69 Å². The van der Waals surface area contributed by atoms with Crippen molar-refractivity contribution in [1.82, 2.24) is 0 Å². The molecule has 126 valence electrons. The molecule has 2 aromatic rings. The van der Waals surface area contributed by atoms with Gasteiger partial charge in [-0.3, -0.25) is 0 Å². The van der Waals surface area contributed by atoms with Crippen molar-refractivity contribution >= 4 is 21.5 Å². The van der Waals surface area contributed by atoms with E-state index in [1.165, 1.54) is 0 Å². The Hall–Kier alpha value is -2.34. The molecule has 0 amide bonds. The van der Waals surface area contributed by atoms with Gasteiger partial charge in [-0.25, -0.2) is 13.2 Å². The third kappa shape index (κ3) is 3.94. The minimum absolute atomic E-state index is 0.0480. The van der Waals surface area contributed by atoms with Crippen LogP contribution in [0.25, 0.3) is 0 Å². The second-order valence-electron chi connectivity index (χ2n) is 6.00. The summed E-state index contributed by atoms with van der Waals surface area (Å²) in [6, 6.07) is 15.8. The lowest BCUT2D eigenvalue weighted by Crippen LogP contribution is -2.35. The number of esters is 1. The van der Waals surface area contributed by atoms with Crippen molar-refractivity contribution < 1.29 is 17.9 Å². The van der Waals surface area contributed by atoms with E-state index >= 15 is 0 Å². The van der Waals surface area contributed by atoms with Crippen LogP contribution in [-0.2, 0) is 14.6 Å². The fourth-order valence-electron chi connectivity index (χ4n) is 2.71. The summed E-state index contributed by atoms with van der Waals surface area (Å²) < 4.78 is 29.4. The number of aryl methyl sites for hydroxylation is 1. The van der Waals surface area contributed by atoms with Crippen LogP contribution in [0.4, 0.5) is 5.69 Å². The molecule has 5 nitrogen and oxygen atoms in total. The maximum atomic E-state index is 12.2.